The Morgan fingerprint density at radius 2 is 1.19 bits per heavy atom. The molecule has 7 aromatic carbocycles. The quantitative estimate of drug-likeness (QED) is 0.161. The Hall–Kier alpha value is -7.11. The molecule has 0 saturated heterocycles. The summed E-state index contributed by atoms with van der Waals surface area (Å²) in [6, 6.07) is 64.0. The molecule has 0 bridgehead atoms. The summed E-state index contributed by atoms with van der Waals surface area (Å²) in [5.74, 6) is 2.51. The summed E-state index contributed by atoms with van der Waals surface area (Å²) in [6.07, 6.45) is 8.06. The van der Waals surface area contributed by atoms with E-state index < -0.39 is 0 Å². The molecule has 5 nitrogen and oxygen atoms in total. The molecule has 1 aliphatic heterocycles. The molecule has 1 fully saturated rings. The van der Waals surface area contributed by atoms with Gasteiger partial charge in [0.1, 0.15) is 24.0 Å². The first kappa shape index (κ1) is 36.7. The van der Waals surface area contributed by atoms with Crippen molar-refractivity contribution in [2.75, 3.05) is 16.5 Å². The van der Waals surface area contributed by atoms with Gasteiger partial charge in [0.05, 0.1) is 22.4 Å². The predicted molar refractivity (Wildman–Crippen MR) is 255 cm³/mol. The van der Waals surface area contributed by atoms with E-state index in [9.17, 15) is 0 Å². The minimum atomic E-state index is -0.0649. The monoisotopic (exact) mass is 804 g/mol. The lowest BCUT2D eigenvalue weighted by atomic mass is 9.65. The largest absolute Gasteiger partial charge is 0.457 e. The van der Waals surface area contributed by atoms with Crippen LogP contribution >= 0.6 is 0 Å². The molecule has 5 heteroatoms. The molecule has 62 heavy (non-hydrogen) atoms. The lowest BCUT2D eigenvalue weighted by molar-refractivity contribution is 0.345. The summed E-state index contributed by atoms with van der Waals surface area (Å²) >= 11 is 0. The smallest absolute Gasteiger partial charge is 0.137 e. The molecular weight excluding hydrogens is 757 g/mol. The number of rotatable bonds is 7. The Labute approximate surface area is 363 Å². The molecule has 0 unspecified atom stereocenters. The van der Waals surface area contributed by atoms with Crippen molar-refractivity contribution in [3.63, 3.8) is 0 Å². The maximum atomic E-state index is 6.80. The summed E-state index contributed by atoms with van der Waals surface area (Å²) in [7, 11) is 0. The first-order valence-corrected chi connectivity index (χ1v) is 22.2. The molecule has 1 saturated carbocycles. The highest BCUT2D eigenvalue weighted by molar-refractivity contribution is 6.09. The van der Waals surface area contributed by atoms with Crippen LogP contribution in [0.5, 0.6) is 11.5 Å². The van der Waals surface area contributed by atoms with E-state index in [1.54, 1.807) is 0 Å². The zero-order chi connectivity index (χ0) is 41.4. The molecule has 2 aliphatic carbocycles. The number of hydrogen-bond donors (Lipinski definition) is 0. The van der Waals surface area contributed by atoms with Gasteiger partial charge in [0.15, 0.2) is 0 Å². The number of benzene rings is 7. The Morgan fingerprint density at radius 3 is 2.03 bits per heavy atom. The van der Waals surface area contributed by atoms with Crippen LogP contribution in [0.1, 0.15) is 68.2 Å². The third-order valence-electron chi connectivity index (χ3n) is 14.2. The maximum absolute atomic E-state index is 6.80. The van der Waals surface area contributed by atoms with E-state index in [1.165, 1.54) is 80.5 Å². The number of nitrogens with zero attached hydrogens (tertiary/aromatic N) is 4. The van der Waals surface area contributed by atoms with Crippen LogP contribution in [0.2, 0.25) is 0 Å². The standard InChI is InChI=1S/C57H48N4O/c1-56(2)49-22-9-7-20-45(49)46-28-26-42(36-50(46)56)60-38-59(52-24-11-12-25-53(52)60)41-18-15-19-43(35-41)62-44-27-29-48-47-21-8-10-23-51(47)61(54(48)37-44)55-34-40(30-33-58-55)57(31-13-4-14-32-57)39-16-5-3-6-17-39/h3,5-12,15-30,33-37H,4,13-14,31-32,38H2,1-2H3. The average molecular weight is 805 g/mol. The van der Waals surface area contributed by atoms with Crippen LogP contribution in [-0.4, -0.2) is 16.2 Å². The van der Waals surface area contributed by atoms with Gasteiger partial charge in [0.2, 0.25) is 0 Å². The van der Waals surface area contributed by atoms with Crippen molar-refractivity contribution < 1.29 is 4.74 Å². The van der Waals surface area contributed by atoms with Crippen molar-refractivity contribution in [3.8, 4) is 28.4 Å². The molecular formula is C57H48N4O. The molecule has 2 aromatic heterocycles. The van der Waals surface area contributed by atoms with Gasteiger partial charge in [-0.25, -0.2) is 4.98 Å². The fourth-order valence-corrected chi connectivity index (χ4v) is 11.1. The van der Waals surface area contributed by atoms with Gasteiger partial charge in [-0.05, 0) is 113 Å². The van der Waals surface area contributed by atoms with Gasteiger partial charge in [0, 0.05) is 51.3 Å². The van der Waals surface area contributed by atoms with Gasteiger partial charge in [-0.1, -0.05) is 130 Å². The van der Waals surface area contributed by atoms with Gasteiger partial charge in [-0.3, -0.25) is 4.57 Å². The highest BCUT2D eigenvalue weighted by Gasteiger charge is 2.38. The highest BCUT2D eigenvalue weighted by atomic mass is 16.5. The summed E-state index contributed by atoms with van der Waals surface area (Å²) in [6.45, 7) is 5.39. The maximum Gasteiger partial charge on any atom is 0.137 e. The van der Waals surface area contributed by atoms with Crippen molar-refractivity contribution in [2.24, 2.45) is 0 Å². The second-order valence-corrected chi connectivity index (χ2v) is 17.9. The molecule has 0 amide bonds. The number of anilines is 4. The van der Waals surface area contributed by atoms with E-state index in [1.807, 2.05) is 6.20 Å². The normalized spacial score (nSPS) is 16.0. The fourth-order valence-electron chi connectivity index (χ4n) is 11.1. The van der Waals surface area contributed by atoms with Crippen LogP contribution in [0.3, 0.4) is 0 Å². The number of para-hydroxylation sites is 3. The van der Waals surface area contributed by atoms with Crippen LogP contribution in [0.4, 0.5) is 22.7 Å². The van der Waals surface area contributed by atoms with E-state index in [0.717, 1.165) is 46.9 Å². The first-order chi connectivity index (χ1) is 30.5. The van der Waals surface area contributed by atoms with Crippen molar-refractivity contribution >= 4 is 44.6 Å². The van der Waals surface area contributed by atoms with Crippen molar-refractivity contribution in [1.82, 2.24) is 9.55 Å². The molecule has 302 valence electrons. The van der Waals surface area contributed by atoms with E-state index in [-0.39, 0.29) is 10.8 Å². The lowest BCUT2D eigenvalue weighted by Crippen LogP contribution is -2.30. The molecule has 3 aliphatic rings. The van der Waals surface area contributed by atoms with Crippen LogP contribution in [0.25, 0.3) is 38.8 Å². The minimum absolute atomic E-state index is 0.0211. The lowest BCUT2D eigenvalue weighted by Gasteiger charge is -2.38. The topological polar surface area (TPSA) is 33.5 Å². The highest BCUT2D eigenvalue weighted by Crippen LogP contribution is 2.52. The number of fused-ring (bicyclic) bond motifs is 7. The number of pyridine rings is 1. The minimum Gasteiger partial charge on any atom is -0.457 e. The summed E-state index contributed by atoms with van der Waals surface area (Å²) in [5.41, 5.74) is 15.0. The molecule has 0 radical (unpaired) electrons. The Kier molecular flexibility index (Phi) is 8.43. The van der Waals surface area contributed by atoms with E-state index in [4.69, 9.17) is 9.72 Å². The SMILES string of the molecule is CC1(C)c2ccccc2-c2ccc(N3CN(c4cccc(Oc5ccc6c7ccccc7n(-c7cc(C8(c9ccccc9)CCCCC8)ccn7)c6c5)c4)c4ccccc43)cc21. The number of hydrogen-bond acceptors (Lipinski definition) is 4. The van der Waals surface area contributed by atoms with Gasteiger partial charge < -0.3 is 14.5 Å². The fraction of sp³-hybridized carbons (Fsp3) is 0.175. The van der Waals surface area contributed by atoms with Gasteiger partial charge in [0.25, 0.3) is 0 Å². The Bertz CT molecular complexity index is 3180. The first-order valence-electron chi connectivity index (χ1n) is 22.2. The van der Waals surface area contributed by atoms with E-state index in [0.29, 0.717) is 6.67 Å². The molecule has 12 rings (SSSR count). The zero-order valence-corrected chi connectivity index (χ0v) is 35.3. The van der Waals surface area contributed by atoms with Gasteiger partial charge >= 0.3 is 0 Å². The summed E-state index contributed by atoms with van der Waals surface area (Å²) in [5, 5.41) is 2.38. The Balaban J connectivity index is 0.884. The third kappa shape index (κ3) is 5.71. The van der Waals surface area contributed by atoms with Crippen molar-refractivity contribution in [3.05, 3.63) is 204 Å². The van der Waals surface area contributed by atoms with Gasteiger partial charge in [-0.15, -0.1) is 0 Å². The second-order valence-electron chi connectivity index (χ2n) is 17.9. The third-order valence-corrected chi connectivity index (χ3v) is 14.2. The Morgan fingerprint density at radius 1 is 0.500 bits per heavy atom. The number of aromatic nitrogens is 2. The summed E-state index contributed by atoms with van der Waals surface area (Å²) < 4.78 is 9.12. The molecule has 9 aromatic rings. The average Bonchev–Trinajstić information content (AvgIpc) is 3.95. The van der Waals surface area contributed by atoms with Crippen LogP contribution in [0.15, 0.2) is 182 Å². The van der Waals surface area contributed by atoms with Crippen LogP contribution < -0.4 is 14.5 Å². The van der Waals surface area contributed by atoms with Crippen molar-refractivity contribution in [2.45, 2.75) is 56.8 Å². The molecule has 0 spiro atoms. The number of ether oxygens (including phenoxy) is 1. The van der Waals surface area contributed by atoms with Gasteiger partial charge in [-0.2, -0.15) is 0 Å². The second kappa shape index (κ2) is 14.2. The molecule has 3 heterocycles. The van der Waals surface area contributed by atoms with Crippen molar-refractivity contribution in [1.29, 1.82) is 0 Å². The summed E-state index contributed by atoms with van der Waals surface area (Å²) in [4.78, 5) is 9.89. The van der Waals surface area contributed by atoms with Crippen LogP contribution in [0, 0.1) is 0 Å². The van der Waals surface area contributed by atoms with E-state index >= 15 is 0 Å². The predicted octanol–water partition coefficient (Wildman–Crippen LogP) is 14.8. The van der Waals surface area contributed by atoms with E-state index in [2.05, 4.69) is 204 Å². The van der Waals surface area contributed by atoms with Crippen LogP contribution in [-0.2, 0) is 10.8 Å². The molecule has 0 atom stereocenters. The zero-order valence-electron chi connectivity index (χ0n) is 35.3. The molecule has 0 N–H and O–H groups in total.